The van der Waals surface area contributed by atoms with E-state index in [1.807, 2.05) is 20.0 Å². The molecule has 27 heavy (non-hydrogen) atoms. The Hall–Kier alpha value is -1.76. The summed E-state index contributed by atoms with van der Waals surface area (Å²) in [6.45, 7) is 4.85. The van der Waals surface area contributed by atoms with Crippen LogP contribution in [-0.2, 0) is 13.0 Å². The fourth-order valence-electron chi connectivity index (χ4n) is 3.34. The average molecular weight is 395 g/mol. The zero-order valence-corrected chi connectivity index (χ0v) is 16.9. The van der Waals surface area contributed by atoms with Crippen molar-refractivity contribution >= 4 is 17.9 Å². The number of rotatable bonds is 5. The van der Waals surface area contributed by atoms with Crippen LogP contribution in [0.5, 0.6) is 0 Å². The Bertz CT molecular complexity index is 742. The maximum Gasteiger partial charge on any atom is 0.170 e. The zero-order chi connectivity index (χ0) is 19.8. The summed E-state index contributed by atoms with van der Waals surface area (Å²) in [6.07, 6.45) is 3.79. The molecule has 1 aliphatic heterocycles. The number of hydrogen-bond acceptors (Lipinski definition) is 4. The lowest BCUT2D eigenvalue weighted by Crippen LogP contribution is -2.29. The second-order valence-corrected chi connectivity index (χ2v) is 7.17. The molecular weight excluding hydrogens is 367 g/mol. The topological polar surface area (TPSA) is 61.0 Å². The normalized spacial score (nSPS) is 15.3. The van der Waals surface area contributed by atoms with Crippen LogP contribution in [0, 0.1) is 5.82 Å². The molecule has 1 aromatic carbocycles. The minimum atomic E-state index is -0.298. The largest absolute Gasteiger partial charge is 0.316 e. The van der Waals surface area contributed by atoms with Gasteiger partial charge in [0, 0.05) is 17.8 Å². The lowest BCUT2D eigenvalue weighted by atomic mass is 9.89. The van der Waals surface area contributed by atoms with Crippen LogP contribution in [0.4, 0.5) is 4.39 Å². The summed E-state index contributed by atoms with van der Waals surface area (Å²) in [5.41, 5.74) is 3.51. The molecule has 0 saturated carbocycles. The predicted octanol–water partition coefficient (Wildman–Crippen LogP) is 3.79. The van der Waals surface area contributed by atoms with E-state index in [2.05, 4.69) is 27.5 Å². The van der Waals surface area contributed by atoms with Crippen molar-refractivity contribution in [1.29, 1.82) is 0 Å². The molecule has 1 saturated heterocycles. The number of carbonyl (C=O) groups is 1. The minimum absolute atomic E-state index is 0.298. The van der Waals surface area contributed by atoms with Gasteiger partial charge in [0.15, 0.2) is 6.29 Å². The van der Waals surface area contributed by atoms with Crippen LogP contribution >= 0.6 is 11.6 Å². The van der Waals surface area contributed by atoms with Crippen molar-refractivity contribution in [2.24, 2.45) is 0 Å². The summed E-state index contributed by atoms with van der Waals surface area (Å²) in [6, 6.07) is 5.11. The third-order valence-electron chi connectivity index (χ3n) is 4.94. The van der Waals surface area contributed by atoms with Crippen LogP contribution < -0.4 is 5.32 Å². The van der Waals surface area contributed by atoms with Crippen molar-refractivity contribution < 1.29 is 9.18 Å². The molecule has 2 heterocycles. The highest BCUT2D eigenvalue weighted by atomic mass is 35.5. The molecule has 0 bridgehead atoms. The zero-order valence-electron chi connectivity index (χ0n) is 16.2. The van der Waals surface area contributed by atoms with Crippen molar-refractivity contribution in [3.63, 3.8) is 0 Å². The van der Waals surface area contributed by atoms with Gasteiger partial charge in [0.1, 0.15) is 11.5 Å². The second kappa shape index (κ2) is 10.5. The number of carbonyl (C=O) groups excluding carboxylic acids is 1. The van der Waals surface area contributed by atoms with Crippen molar-refractivity contribution in [2.75, 3.05) is 27.2 Å². The molecule has 0 amide bonds. The first-order chi connectivity index (χ1) is 13.0. The van der Waals surface area contributed by atoms with Crippen LogP contribution in [0.2, 0.25) is 5.02 Å². The fraction of sp³-hybridized carbons (Fsp3) is 0.500. The number of aryl methyl sites for hydroxylation is 1. The highest BCUT2D eigenvalue weighted by Crippen LogP contribution is 2.33. The van der Waals surface area contributed by atoms with Crippen LogP contribution in [0.3, 0.4) is 0 Å². The van der Waals surface area contributed by atoms with Crippen LogP contribution in [-0.4, -0.2) is 48.6 Å². The Balaban J connectivity index is 0.000000199. The van der Waals surface area contributed by atoms with Crippen molar-refractivity contribution in [2.45, 2.75) is 38.6 Å². The van der Waals surface area contributed by atoms with E-state index in [0.717, 1.165) is 55.5 Å². The van der Waals surface area contributed by atoms with Gasteiger partial charge in [-0.25, -0.2) is 4.39 Å². The lowest BCUT2D eigenvalue weighted by Gasteiger charge is -2.29. The van der Waals surface area contributed by atoms with Crippen molar-refractivity contribution in [1.82, 2.24) is 20.4 Å². The number of nitrogens with one attached hydrogen (secondary N) is 2. The third-order valence-corrected chi connectivity index (χ3v) is 5.34. The van der Waals surface area contributed by atoms with Gasteiger partial charge in [0.25, 0.3) is 0 Å². The quantitative estimate of drug-likeness (QED) is 0.757. The number of aromatic amines is 1. The summed E-state index contributed by atoms with van der Waals surface area (Å²) in [4.78, 5) is 12.8. The molecule has 5 nitrogen and oxygen atoms in total. The number of hydrogen-bond donors (Lipinski definition) is 2. The van der Waals surface area contributed by atoms with Gasteiger partial charge in [0.05, 0.1) is 5.02 Å². The van der Waals surface area contributed by atoms with E-state index in [4.69, 9.17) is 11.6 Å². The predicted molar refractivity (Wildman–Crippen MR) is 107 cm³/mol. The summed E-state index contributed by atoms with van der Waals surface area (Å²) in [7, 11) is 3.96. The van der Waals surface area contributed by atoms with Gasteiger partial charge in [-0.15, -0.1) is 0 Å². The van der Waals surface area contributed by atoms with Gasteiger partial charge in [-0.2, -0.15) is 5.10 Å². The van der Waals surface area contributed by atoms with Crippen molar-refractivity contribution in [3.05, 3.63) is 51.6 Å². The molecule has 7 heteroatoms. The first-order valence-electron chi connectivity index (χ1n) is 9.30. The van der Waals surface area contributed by atoms with Crippen molar-refractivity contribution in [3.8, 4) is 0 Å². The number of aldehydes is 1. The number of benzene rings is 1. The number of H-pyrrole nitrogens is 1. The van der Waals surface area contributed by atoms with Crippen LogP contribution in [0.25, 0.3) is 0 Å². The SMILES string of the molecule is CCc1[nH]nc(C=O)c1CNC.CN1CCC(c2cccc(F)c2Cl)CC1. The first kappa shape index (κ1) is 21.5. The van der Waals surface area contributed by atoms with E-state index in [-0.39, 0.29) is 5.82 Å². The van der Waals surface area contributed by atoms with Crippen LogP contribution in [0.1, 0.15) is 53.0 Å². The van der Waals surface area contributed by atoms with E-state index >= 15 is 0 Å². The fourth-order valence-corrected chi connectivity index (χ4v) is 3.62. The molecule has 3 rings (SSSR count). The maximum atomic E-state index is 13.3. The van der Waals surface area contributed by atoms with Gasteiger partial charge >= 0.3 is 0 Å². The molecule has 0 unspecified atom stereocenters. The molecule has 2 aromatic rings. The smallest absolute Gasteiger partial charge is 0.170 e. The van der Waals surface area contributed by atoms with Gasteiger partial charge in [-0.3, -0.25) is 9.89 Å². The molecule has 1 aromatic heterocycles. The Kier molecular flexibility index (Phi) is 8.41. The van der Waals surface area contributed by atoms with E-state index in [0.29, 0.717) is 23.2 Å². The maximum absolute atomic E-state index is 13.3. The van der Waals surface area contributed by atoms with E-state index in [1.165, 1.54) is 6.07 Å². The number of aromatic nitrogens is 2. The van der Waals surface area contributed by atoms with Crippen LogP contribution in [0.15, 0.2) is 18.2 Å². The Morgan fingerprint density at radius 3 is 2.70 bits per heavy atom. The van der Waals surface area contributed by atoms with Gasteiger partial charge in [-0.1, -0.05) is 30.7 Å². The highest BCUT2D eigenvalue weighted by molar-refractivity contribution is 6.31. The monoisotopic (exact) mass is 394 g/mol. The number of likely N-dealkylation sites (tertiary alicyclic amines) is 1. The molecule has 1 aliphatic rings. The van der Waals surface area contributed by atoms with Gasteiger partial charge < -0.3 is 10.2 Å². The van der Waals surface area contributed by atoms with Gasteiger partial charge in [0.2, 0.25) is 0 Å². The first-order valence-corrected chi connectivity index (χ1v) is 9.67. The number of nitrogens with zero attached hydrogens (tertiary/aromatic N) is 2. The number of halogens is 2. The van der Waals surface area contributed by atoms with E-state index < -0.39 is 0 Å². The lowest BCUT2D eigenvalue weighted by molar-refractivity contribution is 0.111. The highest BCUT2D eigenvalue weighted by Gasteiger charge is 2.21. The number of piperidine rings is 1. The molecule has 0 aliphatic carbocycles. The minimum Gasteiger partial charge on any atom is -0.316 e. The molecular formula is C20H28ClFN4O. The third kappa shape index (κ3) is 5.61. The summed E-state index contributed by atoms with van der Waals surface area (Å²) in [5.74, 6) is 0.123. The molecule has 0 atom stereocenters. The Morgan fingerprint density at radius 2 is 2.11 bits per heavy atom. The van der Waals surface area contributed by atoms with E-state index in [1.54, 1.807) is 6.07 Å². The molecule has 1 fully saturated rings. The Morgan fingerprint density at radius 1 is 1.41 bits per heavy atom. The summed E-state index contributed by atoms with van der Waals surface area (Å²) < 4.78 is 13.3. The summed E-state index contributed by atoms with van der Waals surface area (Å²) in [5, 5.41) is 10.0. The second-order valence-electron chi connectivity index (χ2n) is 6.79. The van der Waals surface area contributed by atoms with Gasteiger partial charge in [-0.05, 0) is 64.0 Å². The molecule has 0 spiro atoms. The Labute approximate surface area is 165 Å². The molecule has 148 valence electrons. The summed E-state index contributed by atoms with van der Waals surface area (Å²) >= 11 is 5.97. The molecule has 0 radical (unpaired) electrons. The average Bonchev–Trinajstić information content (AvgIpc) is 3.07. The molecule has 2 N–H and O–H groups in total. The standard InChI is InChI=1S/C12H15ClFN.C8H13N3O/c1-15-7-5-9(6-8-15)10-3-2-4-11(14)12(10)13;1-3-7-6(4-9-2)8(5-12)11-10-7/h2-4,9H,5-8H2,1H3;5,9H,3-4H2,1-2H3,(H,10,11). The van der Waals surface area contributed by atoms with E-state index in [9.17, 15) is 9.18 Å².